The van der Waals surface area contributed by atoms with Crippen LogP contribution in [0.15, 0.2) is 15.6 Å². The molecule has 0 fully saturated rings. The van der Waals surface area contributed by atoms with E-state index < -0.39 is 7.59 Å². The molecule has 1 aromatic heterocycles. The maximum Gasteiger partial charge on any atom is 0.423 e. The van der Waals surface area contributed by atoms with E-state index in [-0.39, 0.29) is 0 Å². The lowest BCUT2D eigenvalue weighted by molar-refractivity contribution is 0.545. The molecule has 0 saturated heterocycles. The largest absolute Gasteiger partial charge is 0.423 e. The molecule has 110 valence electrons. The Morgan fingerprint density at radius 1 is 1.10 bits per heavy atom. The summed E-state index contributed by atoms with van der Waals surface area (Å²) in [6.45, 7) is 3.70. The van der Waals surface area contributed by atoms with Gasteiger partial charge in [-0.25, -0.2) is 4.57 Å². The van der Waals surface area contributed by atoms with Gasteiger partial charge in [0, 0.05) is 33.9 Å². The SMILES string of the molecule is Cc1cc(C)n(P2(=O)N=C(N(C)C)NC(N(C)C)=N2)n1. The summed E-state index contributed by atoms with van der Waals surface area (Å²) in [5, 5.41) is 7.31. The van der Waals surface area contributed by atoms with Gasteiger partial charge in [0.1, 0.15) is 0 Å². The third-order valence-corrected chi connectivity index (χ3v) is 4.55. The Morgan fingerprint density at radius 2 is 1.60 bits per heavy atom. The normalized spacial score (nSPS) is 17.1. The molecule has 0 bridgehead atoms. The van der Waals surface area contributed by atoms with Gasteiger partial charge in [-0.15, -0.1) is 0 Å². The Bertz CT molecular complexity index is 601. The van der Waals surface area contributed by atoms with Crippen molar-refractivity contribution in [2.45, 2.75) is 13.8 Å². The van der Waals surface area contributed by atoms with Crippen LogP contribution in [0.1, 0.15) is 11.4 Å². The van der Waals surface area contributed by atoms with E-state index in [1.54, 1.807) is 9.80 Å². The van der Waals surface area contributed by atoms with Crippen LogP contribution in [0.4, 0.5) is 0 Å². The van der Waals surface area contributed by atoms with Gasteiger partial charge in [-0.05, 0) is 19.9 Å². The highest BCUT2D eigenvalue weighted by Crippen LogP contribution is 2.52. The quantitative estimate of drug-likeness (QED) is 0.779. The molecule has 20 heavy (non-hydrogen) atoms. The first kappa shape index (κ1) is 14.6. The minimum absolute atomic E-state index is 0.500. The summed E-state index contributed by atoms with van der Waals surface area (Å²) in [5.41, 5.74) is 1.57. The summed E-state index contributed by atoms with van der Waals surface area (Å²) in [7, 11) is 3.95. The predicted octanol–water partition coefficient (Wildman–Crippen LogP) is 0.895. The fourth-order valence-corrected chi connectivity index (χ4v) is 3.68. The van der Waals surface area contributed by atoms with E-state index in [4.69, 9.17) is 0 Å². The lowest BCUT2D eigenvalue weighted by atomic mass is 10.4. The highest BCUT2D eigenvalue weighted by atomic mass is 31.2. The number of aryl methyl sites for hydroxylation is 2. The van der Waals surface area contributed by atoms with Crippen molar-refractivity contribution in [3.63, 3.8) is 0 Å². The Hall–Kier alpha value is -1.82. The van der Waals surface area contributed by atoms with Gasteiger partial charge in [0.05, 0.1) is 5.69 Å². The molecule has 0 aromatic carbocycles. The van der Waals surface area contributed by atoms with E-state index in [1.807, 2.05) is 48.1 Å². The zero-order valence-electron chi connectivity index (χ0n) is 12.6. The summed E-state index contributed by atoms with van der Waals surface area (Å²) >= 11 is 0. The number of aromatic nitrogens is 2. The van der Waals surface area contributed by atoms with Crippen molar-refractivity contribution < 1.29 is 4.57 Å². The smallest absolute Gasteiger partial charge is 0.348 e. The number of nitrogens with one attached hydrogen (secondary N) is 1. The van der Waals surface area contributed by atoms with E-state index in [0.717, 1.165) is 11.4 Å². The van der Waals surface area contributed by atoms with E-state index in [2.05, 4.69) is 19.9 Å². The van der Waals surface area contributed by atoms with Gasteiger partial charge < -0.3 is 9.80 Å². The topological polar surface area (TPSA) is 78.1 Å². The van der Waals surface area contributed by atoms with Crippen LogP contribution in [0.25, 0.3) is 0 Å². The Balaban J connectivity index is 2.58. The Morgan fingerprint density at radius 3 is 1.95 bits per heavy atom. The minimum atomic E-state index is -3.37. The summed E-state index contributed by atoms with van der Waals surface area (Å²) in [4.78, 5) is 3.52. The molecule has 2 heterocycles. The van der Waals surface area contributed by atoms with Crippen molar-refractivity contribution in [2.24, 2.45) is 9.53 Å². The molecule has 0 saturated carbocycles. The molecular formula is C11H20N7OP. The van der Waals surface area contributed by atoms with Crippen LogP contribution in [0.3, 0.4) is 0 Å². The molecule has 0 radical (unpaired) electrons. The molecule has 0 atom stereocenters. The van der Waals surface area contributed by atoms with Crippen LogP contribution < -0.4 is 5.32 Å². The molecule has 1 aliphatic heterocycles. The van der Waals surface area contributed by atoms with Gasteiger partial charge in [0.15, 0.2) is 0 Å². The fourth-order valence-electron chi connectivity index (χ4n) is 1.79. The van der Waals surface area contributed by atoms with Gasteiger partial charge in [-0.2, -0.15) is 19.1 Å². The molecule has 0 aliphatic carbocycles. The number of guanidine groups is 2. The first-order valence-electron chi connectivity index (χ1n) is 6.19. The van der Waals surface area contributed by atoms with Crippen molar-refractivity contribution in [1.29, 1.82) is 0 Å². The van der Waals surface area contributed by atoms with Gasteiger partial charge in [-0.1, -0.05) is 0 Å². The van der Waals surface area contributed by atoms with E-state index in [9.17, 15) is 4.57 Å². The number of rotatable bonds is 1. The molecular weight excluding hydrogens is 277 g/mol. The second kappa shape index (κ2) is 4.94. The van der Waals surface area contributed by atoms with Crippen molar-refractivity contribution in [3.8, 4) is 0 Å². The van der Waals surface area contributed by atoms with Crippen molar-refractivity contribution in [1.82, 2.24) is 24.7 Å². The average Bonchev–Trinajstić information content (AvgIpc) is 2.68. The van der Waals surface area contributed by atoms with Crippen LogP contribution in [-0.2, 0) is 4.57 Å². The van der Waals surface area contributed by atoms with E-state index >= 15 is 0 Å². The Kier molecular flexibility index (Phi) is 3.60. The van der Waals surface area contributed by atoms with Gasteiger partial charge in [-0.3, -0.25) is 5.32 Å². The number of nitrogens with zero attached hydrogens (tertiary/aromatic N) is 6. The third-order valence-electron chi connectivity index (χ3n) is 2.75. The van der Waals surface area contributed by atoms with Crippen molar-refractivity contribution in [3.05, 3.63) is 17.5 Å². The Labute approximate surface area is 118 Å². The molecule has 0 amide bonds. The first-order chi connectivity index (χ1) is 9.23. The molecule has 1 aliphatic rings. The van der Waals surface area contributed by atoms with Crippen molar-refractivity contribution >= 4 is 19.5 Å². The highest BCUT2D eigenvalue weighted by molar-refractivity contribution is 7.60. The molecule has 8 nitrogen and oxygen atoms in total. The van der Waals surface area contributed by atoms with Crippen LogP contribution >= 0.6 is 7.59 Å². The van der Waals surface area contributed by atoms with Crippen LogP contribution in [0.2, 0.25) is 0 Å². The van der Waals surface area contributed by atoms with Gasteiger partial charge in [0.25, 0.3) is 0 Å². The second-order valence-corrected chi connectivity index (χ2v) is 6.90. The van der Waals surface area contributed by atoms with Crippen LogP contribution in [0.5, 0.6) is 0 Å². The van der Waals surface area contributed by atoms with Gasteiger partial charge in [0.2, 0.25) is 11.9 Å². The molecule has 1 N–H and O–H groups in total. The van der Waals surface area contributed by atoms with E-state index in [1.165, 1.54) is 4.45 Å². The van der Waals surface area contributed by atoms with Gasteiger partial charge >= 0.3 is 7.59 Å². The van der Waals surface area contributed by atoms with Crippen LogP contribution in [0, 0.1) is 13.8 Å². The summed E-state index contributed by atoms with van der Waals surface area (Å²) in [6, 6.07) is 1.86. The fraction of sp³-hybridized carbons (Fsp3) is 0.545. The summed E-state index contributed by atoms with van der Waals surface area (Å²) in [5.74, 6) is 0.999. The third kappa shape index (κ3) is 2.56. The standard InChI is InChI=1S/C11H20N7OP/c1-8-7-9(2)18(13-8)20(19)14-10(16(3)4)12-11(15-20)17(5)6/h7H,1-6H3,(H,12,14,15,19). The molecule has 1 aromatic rings. The van der Waals surface area contributed by atoms with Crippen molar-refractivity contribution in [2.75, 3.05) is 28.2 Å². The number of hydrogen-bond donors (Lipinski definition) is 1. The molecule has 2 rings (SSSR count). The number of hydrogen-bond acceptors (Lipinski definition) is 5. The molecule has 0 spiro atoms. The monoisotopic (exact) mass is 297 g/mol. The molecule has 9 heteroatoms. The summed E-state index contributed by atoms with van der Waals surface area (Å²) in [6.07, 6.45) is 0. The zero-order chi connectivity index (χ0) is 15.1. The summed E-state index contributed by atoms with van der Waals surface area (Å²) < 4.78 is 23.1. The lowest BCUT2D eigenvalue weighted by Gasteiger charge is -2.27. The van der Waals surface area contributed by atoms with E-state index in [0.29, 0.717) is 11.9 Å². The first-order valence-corrected chi connectivity index (χ1v) is 7.76. The highest BCUT2D eigenvalue weighted by Gasteiger charge is 2.33. The molecule has 0 unspecified atom stereocenters. The van der Waals surface area contributed by atoms with Crippen LogP contribution in [-0.4, -0.2) is 59.5 Å². The zero-order valence-corrected chi connectivity index (χ0v) is 13.5. The lowest BCUT2D eigenvalue weighted by Crippen LogP contribution is -2.47. The predicted molar refractivity (Wildman–Crippen MR) is 80.1 cm³/mol. The second-order valence-electron chi connectivity index (χ2n) is 5.09. The average molecular weight is 297 g/mol. The minimum Gasteiger partial charge on any atom is -0.348 e. The maximum absolute atomic E-state index is 13.1. The maximum atomic E-state index is 13.1.